The maximum atomic E-state index is 11.9. The molecule has 0 aromatic rings. The van der Waals surface area contributed by atoms with Crippen molar-refractivity contribution in [3.8, 4) is 6.07 Å². The molecule has 0 atom stereocenters. The van der Waals surface area contributed by atoms with Gasteiger partial charge in [0.25, 0.3) is 5.91 Å². The summed E-state index contributed by atoms with van der Waals surface area (Å²) in [6, 6.07) is 1.80. The molecule has 1 heterocycles. The fourth-order valence-electron chi connectivity index (χ4n) is 2.11. The molecule has 7 heteroatoms. The van der Waals surface area contributed by atoms with Gasteiger partial charge in [-0.1, -0.05) is 0 Å². The van der Waals surface area contributed by atoms with Gasteiger partial charge in [0, 0.05) is 31.9 Å². The zero-order valence-corrected chi connectivity index (χ0v) is 13.0. The molecule has 0 aliphatic carbocycles. The van der Waals surface area contributed by atoms with Crippen LogP contribution in [-0.2, 0) is 14.3 Å². The number of hydrogen-bond acceptors (Lipinski definition) is 5. The van der Waals surface area contributed by atoms with Crippen molar-refractivity contribution in [2.45, 2.75) is 26.2 Å². The Morgan fingerprint density at radius 3 is 2.77 bits per heavy atom. The van der Waals surface area contributed by atoms with E-state index in [1.807, 2.05) is 6.92 Å². The van der Waals surface area contributed by atoms with Crippen LogP contribution in [0.2, 0.25) is 0 Å². The second-order valence-corrected chi connectivity index (χ2v) is 5.01. The summed E-state index contributed by atoms with van der Waals surface area (Å²) in [4.78, 5) is 23.7. The smallest absolute Gasteiger partial charge is 0.263 e. The van der Waals surface area contributed by atoms with Crippen molar-refractivity contribution in [2.24, 2.45) is 5.92 Å². The molecule has 7 nitrogen and oxygen atoms in total. The van der Waals surface area contributed by atoms with Crippen LogP contribution in [0.1, 0.15) is 26.2 Å². The van der Waals surface area contributed by atoms with Gasteiger partial charge in [0.2, 0.25) is 5.91 Å². The number of piperidine rings is 1. The minimum atomic E-state index is -0.482. The van der Waals surface area contributed by atoms with Crippen LogP contribution < -0.4 is 16.0 Å². The van der Waals surface area contributed by atoms with Gasteiger partial charge in [-0.05, 0) is 39.3 Å². The van der Waals surface area contributed by atoms with Crippen molar-refractivity contribution >= 4 is 11.8 Å². The third-order valence-electron chi connectivity index (χ3n) is 3.39. The van der Waals surface area contributed by atoms with Crippen LogP contribution in [0.3, 0.4) is 0 Å². The Morgan fingerprint density at radius 1 is 1.41 bits per heavy atom. The maximum Gasteiger partial charge on any atom is 0.263 e. The molecule has 1 aliphatic heterocycles. The van der Waals surface area contributed by atoms with Crippen LogP contribution in [0.25, 0.3) is 0 Å². The number of ether oxygens (including phenoxy) is 1. The Hall–Kier alpha value is -1.91. The number of rotatable bonds is 8. The molecule has 1 saturated heterocycles. The average Bonchev–Trinajstić information content (AvgIpc) is 2.55. The van der Waals surface area contributed by atoms with Crippen molar-refractivity contribution in [2.75, 3.05) is 32.8 Å². The van der Waals surface area contributed by atoms with Crippen molar-refractivity contribution in [1.29, 1.82) is 5.26 Å². The first-order valence-corrected chi connectivity index (χ1v) is 7.66. The highest BCUT2D eigenvalue weighted by atomic mass is 16.5. The lowest BCUT2D eigenvalue weighted by Crippen LogP contribution is -2.37. The van der Waals surface area contributed by atoms with Crippen molar-refractivity contribution in [1.82, 2.24) is 16.0 Å². The molecular formula is C15H24N4O3. The summed E-state index contributed by atoms with van der Waals surface area (Å²) >= 11 is 0. The number of nitrogens with zero attached hydrogens (tertiary/aromatic N) is 1. The zero-order chi connectivity index (χ0) is 16.2. The summed E-state index contributed by atoms with van der Waals surface area (Å²) in [5.74, 6) is -0.685. The first kappa shape index (κ1) is 18.1. The number of nitriles is 1. The molecule has 1 aliphatic rings. The molecule has 0 aromatic heterocycles. The number of carbonyl (C=O) groups excluding carboxylic acids is 2. The molecule has 0 aromatic carbocycles. The highest BCUT2D eigenvalue weighted by molar-refractivity contribution is 5.97. The van der Waals surface area contributed by atoms with Gasteiger partial charge in [-0.15, -0.1) is 0 Å². The molecule has 1 fully saturated rings. The highest BCUT2D eigenvalue weighted by Gasteiger charge is 2.20. The SMILES string of the molecule is CCOCCCNC(=O)/C(C#N)=C\NC(=O)C1CCNCC1. The van der Waals surface area contributed by atoms with Gasteiger partial charge >= 0.3 is 0 Å². The fraction of sp³-hybridized carbons (Fsp3) is 0.667. The first-order valence-electron chi connectivity index (χ1n) is 7.66. The van der Waals surface area contributed by atoms with Crippen molar-refractivity contribution in [3.05, 3.63) is 11.8 Å². The van der Waals surface area contributed by atoms with Crippen molar-refractivity contribution < 1.29 is 14.3 Å². The van der Waals surface area contributed by atoms with E-state index in [0.29, 0.717) is 26.2 Å². The number of nitrogens with one attached hydrogen (secondary N) is 3. The second kappa shape index (κ2) is 10.8. The molecule has 1 rings (SSSR count). The summed E-state index contributed by atoms with van der Waals surface area (Å²) < 4.78 is 5.16. The lowest BCUT2D eigenvalue weighted by molar-refractivity contribution is -0.124. The van der Waals surface area contributed by atoms with E-state index >= 15 is 0 Å². The van der Waals surface area contributed by atoms with E-state index < -0.39 is 5.91 Å². The Balaban J connectivity index is 2.36. The predicted octanol–water partition coefficient (Wildman–Crippen LogP) is 0.0525. The lowest BCUT2D eigenvalue weighted by Gasteiger charge is -2.20. The Morgan fingerprint density at radius 2 is 2.14 bits per heavy atom. The van der Waals surface area contributed by atoms with E-state index in [1.165, 1.54) is 6.20 Å². The van der Waals surface area contributed by atoms with E-state index in [1.54, 1.807) is 6.07 Å². The monoisotopic (exact) mass is 308 g/mol. The minimum absolute atomic E-state index is 0.0632. The van der Waals surface area contributed by atoms with E-state index in [2.05, 4.69) is 16.0 Å². The van der Waals surface area contributed by atoms with E-state index in [4.69, 9.17) is 10.00 Å². The number of carbonyl (C=O) groups is 2. The molecule has 2 amide bonds. The maximum absolute atomic E-state index is 11.9. The summed E-state index contributed by atoms with van der Waals surface area (Å²) in [5.41, 5.74) is -0.0984. The normalized spacial score (nSPS) is 15.9. The lowest BCUT2D eigenvalue weighted by atomic mass is 9.97. The molecule has 22 heavy (non-hydrogen) atoms. The van der Waals surface area contributed by atoms with E-state index in [9.17, 15) is 9.59 Å². The Bertz CT molecular complexity index is 437. The summed E-state index contributed by atoms with van der Waals surface area (Å²) in [7, 11) is 0. The topological polar surface area (TPSA) is 103 Å². The standard InChI is InChI=1S/C15H24N4O3/c1-2-22-9-3-6-18-15(21)13(10-16)11-19-14(20)12-4-7-17-8-5-12/h11-12,17H,2-9H2,1H3,(H,18,21)(H,19,20)/b13-11-. The molecule has 0 spiro atoms. The predicted molar refractivity (Wildman–Crippen MR) is 81.6 cm³/mol. The van der Waals surface area contributed by atoms with Gasteiger partial charge in [0.15, 0.2) is 0 Å². The largest absolute Gasteiger partial charge is 0.382 e. The van der Waals surface area contributed by atoms with Crippen LogP contribution in [0, 0.1) is 17.2 Å². The number of hydrogen-bond donors (Lipinski definition) is 3. The van der Waals surface area contributed by atoms with Crippen molar-refractivity contribution in [3.63, 3.8) is 0 Å². The third-order valence-corrected chi connectivity index (χ3v) is 3.39. The Labute approximate surface area is 131 Å². The van der Waals surface area contributed by atoms with E-state index in [-0.39, 0.29) is 17.4 Å². The van der Waals surface area contributed by atoms with Gasteiger partial charge in [0.05, 0.1) is 0 Å². The minimum Gasteiger partial charge on any atom is -0.382 e. The van der Waals surface area contributed by atoms with Gasteiger partial charge in [-0.25, -0.2) is 0 Å². The summed E-state index contributed by atoms with van der Waals surface area (Å²) in [6.45, 7) is 5.16. The molecule has 122 valence electrons. The van der Waals surface area contributed by atoms with Gasteiger partial charge in [-0.3, -0.25) is 9.59 Å². The van der Waals surface area contributed by atoms with Crippen LogP contribution in [0.4, 0.5) is 0 Å². The van der Waals surface area contributed by atoms with Gasteiger partial charge in [-0.2, -0.15) is 5.26 Å². The quantitative estimate of drug-likeness (QED) is 0.334. The molecule has 0 unspecified atom stereocenters. The molecular weight excluding hydrogens is 284 g/mol. The van der Waals surface area contributed by atoms with E-state index in [0.717, 1.165) is 25.9 Å². The molecule has 0 radical (unpaired) electrons. The summed E-state index contributed by atoms with van der Waals surface area (Å²) in [5, 5.41) is 17.4. The fourth-order valence-corrected chi connectivity index (χ4v) is 2.11. The van der Waals surface area contributed by atoms with Crippen LogP contribution in [-0.4, -0.2) is 44.7 Å². The van der Waals surface area contributed by atoms with Crippen LogP contribution in [0.15, 0.2) is 11.8 Å². The Kier molecular flexibility index (Phi) is 8.88. The molecule has 0 saturated carbocycles. The second-order valence-electron chi connectivity index (χ2n) is 5.01. The third kappa shape index (κ3) is 6.70. The van der Waals surface area contributed by atoms with Crippen LogP contribution in [0.5, 0.6) is 0 Å². The molecule has 0 bridgehead atoms. The van der Waals surface area contributed by atoms with Gasteiger partial charge < -0.3 is 20.7 Å². The number of amides is 2. The van der Waals surface area contributed by atoms with Gasteiger partial charge in [0.1, 0.15) is 11.6 Å². The average molecular weight is 308 g/mol. The molecule has 3 N–H and O–H groups in total. The first-order chi connectivity index (χ1) is 10.7. The summed E-state index contributed by atoms with van der Waals surface area (Å²) in [6.07, 6.45) is 3.42. The van der Waals surface area contributed by atoms with Crippen LogP contribution >= 0.6 is 0 Å². The zero-order valence-electron chi connectivity index (χ0n) is 13.0. The highest BCUT2D eigenvalue weighted by Crippen LogP contribution is 2.11.